The molecule has 5 rings (SSSR count). The van der Waals surface area contributed by atoms with Crippen LogP contribution < -0.4 is 10.6 Å². The molecule has 0 unspecified atom stereocenters. The third-order valence-corrected chi connectivity index (χ3v) is 6.45. The molecule has 38 heavy (non-hydrogen) atoms. The number of hydrogen-bond acceptors (Lipinski definition) is 5. The van der Waals surface area contributed by atoms with Crippen LogP contribution in [0.15, 0.2) is 79.3 Å². The number of carbonyl (C=O) groups excluding carboxylic acids is 1. The lowest BCUT2D eigenvalue weighted by atomic mass is 9.97. The number of rotatable bonds is 7. The quantitative estimate of drug-likeness (QED) is 0.240. The molecule has 0 radical (unpaired) electrons. The van der Waals surface area contributed by atoms with E-state index in [0.717, 1.165) is 22.0 Å². The number of carbonyl (C=O) groups is 1. The molecule has 9 heteroatoms. The van der Waals surface area contributed by atoms with Gasteiger partial charge >= 0.3 is 0 Å². The molecule has 0 spiro atoms. The molecule has 0 atom stereocenters. The lowest BCUT2D eigenvalue weighted by Gasteiger charge is -2.17. The van der Waals surface area contributed by atoms with Crippen LogP contribution >= 0.6 is 11.6 Å². The summed E-state index contributed by atoms with van der Waals surface area (Å²) in [6.07, 6.45) is 6.79. The van der Waals surface area contributed by atoms with E-state index in [-0.39, 0.29) is 10.9 Å². The van der Waals surface area contributed by atoms with Gasteiger partial charge in [0.1, 0.15) is 18.0 Å². The van der Waals surface area contributed by atoms with Gasteiger partial charge in [0.2, 0.25) is 5.91 Å². The Morgan fingerprint density at radius 1 is 1.11 bits per heavy atom. The van der Waals surface area contributed by atoms with Crippen LogP contribution in [-0.2, 0) is 11.8 Å². The Morgan fingerprint density at radius 2 is 1.95 bits per heavy atom. The Balaban J connectivity index is 1.69. The normalized spacial score (nSPS) is 11.6. The number of nitrogens with zero attached hydrogens (tertiary/aromatic N) is 4. The van der Waals surface area contributed by atoms with Crippen LogP contribution in [0.25, 0.3) is 32.9 Å². The Labute approximate surface area is 224 Å². The summed E-state index contributed by atoms with van der Waals surface area (Å²) in [6.45, 7) is 0.643. The number of amides is 1. The highest BCUT2D eigenvalue weighted by Crippen LogP contribution is 2.40. The average Bonchev–Trinajstić information content (AvgIpc) is 3.26. The molecule has 3 aromatic carbocycles. The van der Waals surface area contributed by atoms with Crippen LogP contribution in [-0.4, -0.2) is 46.0 Å². The zero-order valence-corrected chi connectivity index (χ0v) is 21.9. The number of benzene rings is 3. The first kappa shape index (κ1) is 25.4. The summed E-state index contributed by atoms with van der Waals surface area (Å²) >= 11 is 6.02. The number of aryl methyl sites for hydroxylation is 1. The van der Waals surface area contributed by atoms with Gasteiger partial charge in [0.05, 0.1) is 15.9 Å². The van der Waals surface area contributed by atoms with E-state index in [2.05, 4.69) is 32.7 Å². The van der Waals surface area contributed by atoms with Crippen molar-refractivity contribution in [1.29, 1.82) is 0 Å². The van der Waals surface area contributed by atoms with Crippen molar-refractivity contribution in [3.63, 3.8) is 0 Å². The van der Waals surface area contributed by atoms with Gasteiger partial charge in [0.25, 0.3) is 0 Å². The van der Waals surface area contributed by atoms with Gasteiger partial charge < -0.3 is 20.1 Å². The van der Waals surface area contributed by atoms with Gasteiger partial charge in [-0.3, -0.25) is 4.79 Å². The topological polar surface area (TPSA) is 75.1 Å². The number of halogens is 2. The second kappa shape index (κ2) is 10.6. The molecule has 0 aliphatic rings. The fourth-order valence-electron chi connectivity index (χ4n) is 4.32. The second-order valence-electron chi connectivity index (χ2n) is 9.21. The van der Waals surface area contributed by atoms with Crippen LogP contribution in [0.1, 0.15) is 0 Å². The molecule has 0 aliphatic heterocycles. The maximum atomic E-state index is 13.8. The third-order valence-electron chi connectivity index (χ3n) is 6.16. The minimum Gasteiger partial charge on any atom is -0.351 e. The zero-order valence-electron chi connectivity index (χ0n) is 21.2. The van der Waals surface area contributed by atoms with Gasteiger partial charge in [-0.25, -0.2) is 14.4 Å². The number of hydrogen-bond donors (Lipinski definition) is 2. The van der Waals surface area contributed by atoms with Crippen LogP contribution in [0.3, 0.4) is 0 Å². The minimum absolute atomic E-state index is 0.000193. The average molecular weight is 529 g/mol. The molecule has 0 fully saturated rings. The van der Waals surface area contributed by atoms with Crippen LogP contribution in [0.2, 0.25) is 5.02 Å². The molecule has 0 saturated carbocycles. The molecule has 2 N–H and O–H groups in total. The highest BCUT2D eigenvalue weighted by molar-refractivity contribution is 6.31. The van der Waals surface area contributed by atoms with Crippen molar-refractivity contribution in [3.8, 4) is 11.1 Å². The second-order valence-corrected chi connectivity index (χ2v) is 9.62. The van der Waals surface area contributed by atoms with Gasteiger partial charge in [-0.05, 0) is 67.5 Å². The fourth-order valence-corrected chi connectivity index (χ4v) is 4.51. The molecule has 0 bridgehead atoms. The molecular weight excluding hydrogens is 503 g/mol. The summed E-state index contributed by atoms with van der Waals surface area (Å²) in [6, 6.07) is 16.3. The number of likely N-dealkylation sites (N-methyl/N-ethyl adjacent to an activating group) is 1. The molecule has 1 amide bonds. The summed E-state index contributed by atoms with van der Waals surface area (Å²) < 4.78 is 15.8. The van der Waals surface area contributed by atoms with Crippen molar-refractivity contribution in [1.82, 2.24) is 19.4 Å². The van der Waals surface area contributed by atoms with Crippen molar-refractivity contribution in [3.05, 3.63) is 90.1 Å². The highest BCUT2D eigenvalue weighted by Gasteiger charge is 2.18. The highest BCUT2D eigenvalue weighted by atomic mass is 35.5. The smallest absolute Gasteiger partial charge is 0.248 e. The van der Waals surface area contributed by atoms with E-state index in [9.17, 15) is 9.18 Å². The molecule has 0 saturated heterocycles. The van der Waals surface area contributed by atoms with E-state index in [4.69, 9.17) is 11.6 Å². The predicted octanol–water partition coefficient (Wildman–Crippen LogP) is 6.38. The van der Waals surface area contributed by atoms with Crippen molar-refractivity contribution in [2.45, 2.75) is 0 Å². The summed E-state index contributed by atoms with van der Waals surface area (Å²) in [5.41, 5.74) is 4.55. The number of nitrogens with one attached hydrogen (secondary N) is 2. The van der Waals surface area contributed by atoms with Crippen LogP contribution in [0, 0.1) is 5.82 Å². The van der Waals surface area contributed by atoms with E-state index < -0.39 is 5.82 Å². The standard InChI is InChI=1S/C29H26ClFN6O/c1-36(2)13-4-5-26(38)35-24-11-10-23-28(27(24)19-7-6-18-12-14-37(3)25(18)15-19)29(33-17-32-23)34-20-8-9-22(31)21(30)16-20/h4-12,14-17H,13H2,1-3H3,(H,35,38)(H,32,33,34)/b5-4+. The first-order valence-corrected chi connectivity index (χ1v) is 12.4. The lowest BCUT2D eigenvalue weighted by molar-refractivity contribution is -0.111. The fraction of sp³-hybridized carbons (Fsp3) is 0.138. The number of aromatic nitrogens is 3. The molecule has 2 heterocycles. The third kappa shape index (κ3) is 5.22. The van der Waals surface area contributed by atoms with E-state index >= 15 is 0 Å². The van der Waals surface area contributed by atoms with Crippen molar-refractivity contribution in [2.24, 2.45) is 7.05 Å². The van der Waals surface area contributed by atoms with Gasteiger partial charge in [0.15, 0.2) is 0 Å². The minimum atomic E-state index is -0.506. The molecule has 5 aromatic rings. The summed E-state index contributed by atoms with van der Waals surface area (Å²) in [7, 11) is 5.86. The Kier molecular flexibility index (Phi) is 7.09. The van der Waals surface area contributed by atoms with Crippen LogP contribution in [0.5, 0.6) is 0 Å². The summed E-state index contributed by atoms with van der Waals surface area (Å²) in [4.78, 5) is 23.8. The molecular formula is C29H26ClFN6O. The maximum absolute atomic E-state index is 13.8. The van der Waals surface area contributed by atoms with E-state index in [1.165, 1.54) is 24.5 Å². The zero-order chi connectivity index (χ0) is 26.8. The van der Waals surface area contributed by atoms with E-state index in [1.54, 1.807) is 12.1 Å². The maximum Gasteiger partial charge on any atom is 0.248 e. The molecule has 7 nitrogen and oxygen atoms in total. The summed E-state index contributed by atoms with van der Waals surface area (Å²) in [5.74, 6) is -0.253. The van der Waals surface area contributed by atoms with Gasteiger partial charge in [-0.1, -0.05) is 29.8 Å². The number of fused-ring (bicyclic) bond motifs is 2. The Hall–Kier alpha value is -4.27. The monoisotopic (exact) mass is 528 g/mol. The van der Waals surface area contributed by atoms with Gasteiger partial charge in [0, 0.05) is 48.3 Å². The van der Waals surface area contributed by atoms with Gasteiger partial charge in [-0.2, -0.15) is 0 Å². The van der Waals surface area contributed by atoms with E-state index in [0.29, 0.717) is 34.6 Å². The SMILES string of the molecule is CN(C)C/C=C/C(=O)Nc1ccc2ncnc(Nc3ccc(F)c(Cl)c3)c2c1-c1ccc2ccn(C)c2c1. The Bertz CT molecular complexity index is 1690. The van der Waals surface area contributed by atoms with Gasteiger partial charge in [-0.15, -0.1) is 0 Å². The lowest BCUT2D eigenvalue weighted by Crippen LogP contribution is -2.13. The first-order chi connectivity index (χ1) is 18.3. The van der Waals surface area contributed by atoms with Crippen molar-refractivity contribution >= 4 is 56.5 Å². The van der Waals surface area contributed by atoms with Crippen molar-refractivity contribution in [2.75, 3.05) is 31.3 Å². The molecule has 2 aromatic heterocycles. The van der Waals surface area contributed by atoms with Crippen molar-refractivity contribution < 1.29 is 9.18 Å². The first-order valence-electron chi connectivity index (χ1n) is 12.0. The molecule has 0 aliphatic carbocycles. The predicted molar refractivity (Wildman–Crippen MR) is 152 cm³/mol. The van der Waals surface area contributed by atoms with E-state index in [1.807, 2.05) is 61.1 Å². The number of anilines is 3. The van der Waals surface area contributed by atoms with Crippen LogP contribution in [0.4, 0.5) is 21.6 Å². The largest absolute Gasteiger partial charge is 0.351 e. The summed E-state index contributed by atoms with van der Waals surface area (Å²) in [5, 5.41) is 8.10. The molecule has 192 valence electrons. The Morgan fingerprint density at radius 3 is 2.74 bits per heavy atom.